The second kappa shape index (κ2) is 9.20. The summed E-state index contributed by atoms with van der Waals surface area (Å²) in [5, 5.41) is 0. The van der Waals surface area contributed by atoms with Crippen molar-refractivity contribution >= 4 is 5.91 Å². The predicted molar refractivity (Wildman–Crippen MR) is 109 cm³/mol. The molecule has 4 nitrogen and oxygen atoms in total. The van der Waals surface area contributed by atoms with Gasteiger partial charge < -0.3 is 4.90 Å². The highest BCUT2D eigenvalue weighted by Crippen LogP contribution is 2.26. The van der Waals surface area contributed by atoms with Crippen molar-refractivity contribution in [2.24, 2.45) is 5.92 Å². The number of nitrogens with zero attached hydrogens (tertiary/aromatic N) is 3. The molecule has 0 radical (unpaired) electrons. The number of hydrogen-bond donors (Lipinski definition) is 0. The molecule has 3 heterocycles. The molecule has 0 unspecified atom stereocenters. The molecule has 148 valence electrons. The maximum absolute atomic E-state index is 12.9. The van der Waals surface area contributed by atoms with E-state index in [-0.39, 0.29) is 5.92 Å². The largest absolute Gasteiger partial charge is 0.342 e. The lowest BCUT2D eigenvalue weighted by molar-refractivity contribution is -0.138. The molecule has 3 aliphatic heterocycles. The quantitative estimate of drug-likeness (QED) is 0.814. The van der Waals surface area contributed by atoms with Gasteiger partial charge in [0.1, 0.15) is 0 Å². The molecular weight excluding hydrogens is 334 g/mol. The molecule has 3 fully saturated rings. The summed E-state index contributed by atoms with van der Waals surface area (Å²) in [6.07, 6.45) is 8.47. The van der Waals surface area contributed by atoms with Crippen molar-refractivity contribution in [3.05, 3.63) is 35.9 Å². The zero-order chi connectivity index (χ0) is 18.5. The van der Waals surface area contributed by atoms with Crippen LogP contribution in [0, 0.1) is 5.92 Å². The van der Waals surface area contributed by atoms with Crippen LogP contribution in [0.25, 0.3) is 0 Å². The van der Waals surface area contributed by atoms with Gasteiger partial charge in [-0.3, -0.25) is 14.6 Å². The van der Waals surface area contributed by atoms with Crippen molar-refractivity contribution in [1.82, 2.24) is 14.7 Å². The standard InChI is InChI=1S/C23H35N3O/c27-23(25-13-5-2-6-14-25)21-10-7-15-26(19-21)22-11-16-24(17-12-22)18-20-8-3-1-4-9-20/h1,3-4,8-9,21-22H,2,5-7,10-19H2/t21-/m1/s1. The van der Waals surface area contributed by atoms with Crippen LogP contribution in [0.2, 0.25) is 0 Å². The minimum Gasteiger partial charge on any atom is -0.342 e. The molecular formula is C23H35N3O. The number of piperidine rings is 3. The third kappa shape index (κ3) is 4.91. The topological polar surface area (TPSA) is 26.8 Å². The highest BCUT2D eigenvalue weighted by atomic mass is 16.2. The van der Waals surface area contributed by atoms with Crippen molar-refractivity contribution in [1.29, 1.82) is 0 Å². The van der Waals surface area contributed by atoms with Gasteiger partial charge in [0.2, 0.25) is 5.91 Å². The second-order valence-corrected chi connectivity index (χ2v) is 8.71. The summed E-state index contributed by atoms with van der Waals surface area (Å²) in [5.41, 5.74) is 1.42. The van der Waals surface area contributed by atoms with E-state index in [1.807, 2.05) is 0 Å². The van der Waals surface area contributed by atoms with Crippen molar-refractivity contribution in [3.8, 4) is 0 Å². The molecule has 1 aromatic carbocycles. The van der Waals surface area contributed by atoms with E-state index in [4.69, 9.17) is 0 Å². The first-order chi connectivity index (χ1) is 13.3. The van der Waals surface area contributed by atoms with Crippen LogP contribution < -0.4 is 0 Å². The third-order valence-corrected chi connectivity index (χ3v) is 6.79. The lowest BCUT2D eigenvalue weighted by atomic mass is 9.92. The molecule has 0 bridgehead atoms. The van der Waals surface area contributed by atoms with Gasteiger partial charge in [0.05, 0.1) is 5.92 Å². The lowest BCUT2D eigenvalue weighted by Gasteiger charge is -2.43. The van der Waals surface area contributed by atoms with E-state index in [1.54, 1.807) is 0 Å². The lowest BCUT2D eigenvalue weighted by Crippen LogP contribution is -2.51. The van der Waals surface area contributed by atoms with Gasteiger partial charge in [-0.25, -0.2) is 0 Å². The van der Waals surface area contributed by atoms with E-state index < -0.39 is 0 Å². The van der Waals surface area contributed by atoms with E-state index in [9.17, 15) is 4.79 Å². The average Bonchev–Trinajstić information content (AvgIpc) is 2.75. The molecule has 0 spiro atoms. The third-order valence-electron chi connectivity index (χ3n) is 6.79. The summed E-state index contributed by atoms with van der Waals surface area (Å²) < 4.78 is 0. The van der Waals surface area contributed by atoms with Gasteiger partial charge in [-0.1, -0.05) is 30.3 Å². The number of rotatable bonds is 4. The molecule has 3 saturated heterocycles. The molecule has 1 aromatic rings. The van der Waals surface area contributed by atoms with Gasteiger partial charge in [0.25, 0.3) is 0 Å². The van der Waals surface area contributed by atoms with Crippen LogP contribution in [0.1, 0.15) is 50.5 Å². The Morgan fingerprint density at radius 1 is 0.852 bits per heavy atom. The van der Waals surface area contributed by atoms with E-state index in [1.165, 1.54) is 63.7 Å². The second-order valence-electron chi connectivity index (χ2n) is 8.71. The Morgan fingerprint density at radius 3 is 2.33 bits per heavy atom. The summed E-state index contributed by atoms with van der Waals surface area (Å²) in [6, 6.07) is 11.5. The van der Waals surface area contributed by atoms with Crippen LogP contribution >= 0.6 is 0 Å². The van der Waals surface area contributed by atoms with Crippen molar-refractivity contribution in [2.45, 2.75) is 57.5 Å². The van der Waals surface area contributed by atoms with Gasteiger partial charge in [-0.05, 0) is 70.1 Å². The van der Waals surface area contributed by atoms with Gasteiger partial charge in [-0.2, -0.15) is 0 Å². The zero-order valence-corrected chi connectivity index (χ0v) is 16.7. The highest BCUT2D eigenvalue weighted by Gasteiger charge is 2.33. The fraction of sp³-hybridized carbons (Fsp3) is 0.696. The van der Waals surface area contributed by atoms with E-state index >= 15 is 0 Å². The summed E-state index contributed by atoms with van der Waals surface area (Å²) in [7, 11) is 0. The average molecular weight is 370 g/mol. The highest BCUT2D eigenvalue weighted by molar-refractivity contribution is 5.79. The number of carbonyl (C=O) groups is 1. The Bertz CT molecular complexity index is 591. The minimum atomic E-state index is 0.249. The summed E-state index contributed by atoms with van der Waals surface area (Å²) in [5.74, 6) is 0.695. The first-order valence-electron chi connectivity index (χ1n) is 11.1. The molecule has 0 aliphatic carbocycles. The van der Waals surface area contributed by atoms with Crippen molar-refractivity contribution in [2.75, 3.05) is 39.3 Å². The number of amides is 1. The Balaban J connectivity index is 1.26. The fourth-order valence-electron chi connectivity index (χ4n) is 5.20. The maximum Gasteiger partial charge on any atom is 0.226 e. The monoisotopic (exact) mass is 369 g/mol. The summed E-state index contributed by atoms with van der Waals surface area (Å²) in [6.45, 7) is 7.61. The molecule has 0 aromatic heterocycles. The van der Waals surface area contributed by atoms with Gasteiger partial charge in [0, 0.05) is 32.2 Å². The number of benzene rings is 1. The number of hydrogen-bond acceptors (Lipinski definition) is 3. The minimum absolute atomic E-state index is 0.249. The fourth-order valence-corrected chi connectivity index (χ4v) is 5.20. The summed E-state index contributed by atoms with van der Waals surface area (Å²) in [4.78, 5) is 20.3. The maximum atomic E-state index is 12.9. The smallest absolute Gasteiger partial charge is 0.226 e. The predicted octanol–water partition coefficient (Wildman–Crippen LogP) is 3.38. The molecule has 0 N–H and O–H groups in total. The van der Waals surface area contributed by atoms with Crippen LogP contribution in [0.4, 0.5) is 0 Å². The van der Waals surface area contributed by atoms with Crippen LogP contribution in [0.3, 0.4) is 0 Å². The Hall–Kier alpha value is -1.39. The summed E-state index contributed by atoms with van der Waals surface area (Å²) >= 11 is 0. The number of carbonyl (C=O) groups excluding carboxylic acids is 1. The molecule has 0 saturated carbocycles. The molecule has 1 atom stereocenters. The van der Waals surface area contributed by atoms with E-state index in [0.717, 1.165) is 32.6 Å². The number of likely N-dealkylation sites (tertiary alicyclic amines) is 3. The molecule has 4 heteroatoms. The van der Waals surface area contributed by atoms with E-state index in [2.05, 4.69) is 45.0 Å². The first kappa shape index (κ1) is 18.9. The molecule has 3 aliphatic rings. The van der Waals surface area contributed by atoms with Crippen LogP contribution in [-0.4, -0.2) is 65.9 Å². The van der Waals surface area contributed by atoms with Gasteiger partial charge in [0.15, 0.2) is 0 Å². The van der Waals surface area contributed by atoms with Crippen LogP contribution in [-0.2, 0) is 11.3 Å². The molecule has 4 rings (SSSR count). The van der Waals surface area contributed by atoms with Crippen molar-refractivity contribution < 1.29 is 4.79 Å². The molecule has 27 heavy (non-hydrogen) atoms. The normalized spacial score (nSPS) is 26.2. The Kier molecular flexibility index (Phi) is 6.46. The Labute approximate surface area is 164 Å². The van der Waals surface area contributed by atoms with Crippen LogP contribution in [0.15, 0.2) is 30.3 Å². The van der Waals surface area contributed by atoms with Gasteiger partial charge >= 0.3 is 0 Å². The zero-order valence-electron chi connectivity index (χ0n) is 16.7. The van der Waals surface area contributed by atoms with Crippen LogP contribution in [0.5, 0.6) is 0 Å². The Morgan fingerprint density at radius 2 is 1.59 bits per heavy atom. The SMILES string of the molecule is O=C([C@@H]1CCCN(C2CCN(Cc3ccccc3)CC2)C1)N1CCCCC1. The van der Waals surface area contributed by atoms with E-state index in [0.29, 0.717) is 11.9 Å². The van der Waals surface area contributed by atoms with Crippen molar-refractivity contribution in [3.63, 3.8) is 0 Å². The molecule has 1 amide bonds. The first-order valence-corrected chi connectivity index (χ1v) is 11.1. The van der Waals surface area contributed by atoms with Gasteiger partial charge in [-0.15, -0.1) is 0 Å².